The number of aliphatic hydroxyl groups is 1. The van der Waals surface area contributed by atoms with Crippen LogP contribution in [-0.4, -0.2) is 33.9 Å². The van der Waals surface area contributed by atoms with Crippen molar-refractivity contribution in [1.82, 2.24) is 15.5 Å². The number of rotatable bonds is 7. The van der Waals surface area contributed by atoms with Crippen molar-refractivity contribution < 1.29 is 14.4 Å². The van der Waals surface area contributed by atoms with Crippen molar-refractivity contribution in [2.45, 2.75) is 46.1 Å². The van der Waals surface area contributed by atoms with Crippen molar-refractivity contribution >= 4 is 11.7 Å². The SMILES string of the molecule is CC(C)c1noc(-c2ccc(NC(=O)NCCC(O)C(C)C)cc2)n1. The highest BCUT2D eigenvalue weighted by atomic mass is 16.5. The van der Waals surface area contributed by atoms with Crippen LogP contribution in [0.3, 0.4) is 0 Å². The van der Waals surface area contributed by atoms with Gasteiger partial charge in [-0.25, -0.2) is 4.79 Å². The second kappa shape index (κ2) is 8.62. The zero-order valence-electron chi connectivity index (χ0n) is 15.1. The summed E-state index contributed by atoms with van der Waals surface area (Å²) in [4.78, 5) is 16.2. The molecule has 2 aromatic rings. The fraction of sp³-hybridized carbons (Fsp3) is 0.500. The number of nitrogens with one attached hydrogen (secondary N) is 2. The number of hydrogen-bond acceptors (Lipinski definition) is 5. The van der Waals surface area contributed by atoms with Crippen LogP contribution >= 0.6 is 0 Å². The molecule has 0 aliphatic heterocycles. The summed E-state index contributed by atoms with van der Waals surface area (Å²) in [5.74, 6) is 1.51. The summed E-state index contributed by atoms with van der Waals surface area (Å²) in [6, 6.07) is 6.88. The minimum atomic E-state index is -0.412. The highest BCUT2D eigenvalue weighted by molar-refractivity contribution is 5.89. The molecule has 2 amide bonds. The maximum atomic E-state index is 11.9. The lowest BCUT2D eigenvalue weighted by Crippen LogP contribution is -2.32. The number of hydrogen-bond donors (Lipinski definition) is 3. The normalized spacial score (nSPS) is 12.4. The summed E-state index contributed by atoms with van der Waals surface area (Å²) in [6.07, 6.45) is 0.115. The van der Waals surface area contributed by atoms with Crippen molar-refractivity contribution in [3.63, 3.8) is 0 Å². The molecule has 1 unspecified atom stereocenters. The molecule has 7 heteroatoms. The minimum Gasteiger partial charge on any atom is -0.393 e. The molecule has 0 spiro atoms. The molecular weight excluding hydrogens is 320 g/mol. The lowest BCUT2D eigenvalue weighted by atomic mass is 10.0. The Hall–Kier alpha value is -2.41. The van der Waals surface area contributed by atoms with Crippen molar-refractivity contribution in [1.29, 1.82) is 0 Å². The molecule has 0 saturated heterocycles. The fourth-order valence-corrected chi connectivity index (χ4v) is 2.12. The minimum absolute atomic E-state index is 0.179. The molecule has 2 rings (SSSR count). The lowest BCUT2D eigenvalue weighted by molar-refractivity contribution is 0.117. The molecular formula is C18H26N4O3. The Morgan fingerprint density at radius 2 is 1.88 bits per heavy atom. The third-order valence-electron chi connectivity index (χ3n) is 3.84. The Kier molecular flexibility index (Phi) is 6.52. The van der Waals surface area contributed by atoms with Gasteiger partial charge in [0.05, 0.1) is 6.10 Å². The standard InChI is InChI=1S/C18H26N4O3/c1-11(2)15(23)9-10-19-18(24)20-14-7-5-13(6-8-14)17-21-16(12(3)4)22-25-17/h5-8,11-12,15,23H,9-10H2,1-4H3,(H2,19,20,24). The van der Waals surface area contributed by atoms with Gasteiger partial charge in [-0.15, -0.1) is 0 Å². The van der Waals surface area contributed by atoms with E-state index in [1.807, 2.05) is 39.8 Å². The highest BCUT2D eigenvalue weighted by Gasteiger charge is 2.12. The van der Waals surface area contributed by atoms with Gasteiger partial charge in [-0.2, -0.15) is 4.98 Å². The van der Waals surface area contributed by atoms with E-state index in [-0.39, 0.29) is 17.9 Å². The molecule has 0 saturated carbocycles. The predicted octanol–water partition coefficient (Wildman–Crippen LogP) is 3.39. The largest absolute Gasteiger partial charge is 0.393 e. The molecule has 1 atom stereocenters. The van der Waals surface area contributed by atoms with E-state index in [0.717, 1.165) is 5.56 Å². The Morgan fingerprint density at radius 1 is 1.20 bits per heavy atom. The van der Waals surface area contributed by atoms with Gasteiger partial charge in [0, 0.05) is 23.7 Å². The zero-order valence-corrected chi connectivity index (χ0v) is 15.1. The third kappa shape index (κ3) is 5.56. The number of carbonyl (C=O) groups excluding carboxylic acids is 1. The average Bonchev–Trinajstić information content (AvgIpc) is 3.05. The molecule has 1 aromatic carbocycles. The van der Waals surface area contributed by atoms with Crippen LogP contribution in [-0.2, 0) is 0 Å². The Labute approximate surface area is 147 Å². The predicted molar refractivity (Wildman–Crippen MR) is 96.3 cm³/mol. The summed E-state index contributed by atoms with van der Waals surface area (Å²) in [6.45, 7) is 8.31. The van der Waals surface area contributed by atoms with Crippen molar-refractivity contribution in [2.75, 3.05) is 11.9 Å². The van der Waals surface area contributed by atoms with Crippen molar-refractivity contribution in [3.05, 3.63) is 30.1 Å². The first-order valence-electron chi connectivity index (χ1n) is 8.53. The van der Waals surface area contributed by atoms with Gasteiger partial charge in [0.15, 0.2) is 5.82 Å². The van der Waals surface area contributed by atoms with E-state index in [2.05, 4.69) is 20.8 Å². The maximum absolute atomic E-state index is 11.9. The topological polar surface area (TPSA) is 100 Å². The number of aromatic nitrogens is 2. The van der Waals surface area contributed by atoms with Crippen molar-refractivity contribution in [2.24, 2.45) is 5.92 Å². The van der Waals surface area contributed by atoms with Crippen LogP contribution in [0.15, 0.2) is 28.8 Å². The Bertz CT molecular complexity index is 680. The fourth-order valence-electron chi connectivity index (χ4n) is 2.12. The molecule has 136 valence electrons. The molecule has 3 N–H and O–H groups in total. The number of urea groups is 1. The van der Waals surface area contributed by atoms with E-state index >= 15 is 0 Å². The van der Waals surface area contributed by atoms with Crippen LogP contribution in [0, 0.1) is 5.92 Å². The molecule has 1 aromatic heterocycles. The average molecular weight is 346 g/mol. The lowest BCUT2D eigenvalue weighted by Gasteiger charge is -2.14. The van der Waals surface area contributed by atoms with E-state index in [4.69, 9.17) is 4.52 Å². The van der Waals surface area contributed by atoms with Gasteiger partial charge in [-0.3, -0.25) is 0 Å². The van der Waals surface area contributed by atoms with E-state index in [1.54, 1.807) is 12.1 Å². The van der Waals surface area contributed by atoms with Crippen molar-refractivity contribution in [3.8, 4) is 11.5 Å². The highest BCUT2D eigenvalue weighted by Crippen LogP contribution is 2.21. The Balaban J connectivity index is 1.86. The molecule has 25 heavy (non-hydrogen) atoms. The van der Waals surface area contributed by atoms with Gasteiger partial charge in [0.2, 0.25) is 0 Å². The molecule has 7 nitrogen and oxygen atoms in total. The van der Waals surface area contributed by atoms with Crippen LogP contribution in [0.2, 0.25) is 0 Å². The summed E-state index contributed by atoms with van der Waals surface area (Å²) < 4.78 is 5.24. The van der Waals surface area contributed by atoms with E-state index in [1.165, 1.54) is 0 Å². The van der Waals surface area contributed by atoms with Gasteiger partial charge >= 0.3 is 6.03 Å². The summed E-state index contributed by atoms with van der Waals surface area (Å²) in [5, 5.41) is 19.1. The third-order valence-corrected chi connectivity index (χ3v) is 3.84. The molecule has 0 aliphatic rings. The van der Waals surface area contributed by atoms with E-state index < -0.39 is 6.10 Å². The Morgan fingerprint density at radius 3 is 2.44 bits per heavy atom. The van der Waals surface area contributed by atoms with Gasteiger partial charge in [-0.1, -0.05) is 32.9 Å². The number of anilines is 1. The number of amides is 2. The van der Waals surface area contributed by atoms with Crippen LogP contribution in [0.5, 0.6) is 0 Å². The summed E-state index contributed by atoms with van der Waals surface area (Å²) >= 11 is 0. The molecule has 0 fully saturated rings. The van der Waals surface area contributed by atoms with Gasteiger partial charge < -0.3 is 20.3 Å². The second-order valence-electron chi connectivity index (χ2n) is 6.67. The van der Waals surface area contributed by atoms with Crippen LogP contribution in [0.1, 0.15) is 45.9 Å². The van der Waals surface area contributed by atoms with Crippen LogP contribution < -0.4 is 10.6 Å². The molecule has 1 heterocycles. The molecule has 0 aliphatic carbocycles. The van der Waals surface area contributed by atoms with E-state index in [0.29, 0.717) is 30.4 Å². The number of benzene rings is 1. The number of aliphatic hydroxyl groups excluding tert-OH is 1. The first kappa shape index (κ1) is 18.9. The first-order chi connectivity index (χ1) is 11.9. The molecule has 0 bridgehead atoms. The van der Waals surface area contributed by atoms with Gasteiger partial charge in [0.1, 0.15) is 0 Å². The number of nitrogens with zero attached hydrogens (tertiary/aromatic N) is 2. The summed E-state index contributed by atoms with van der Waals surface area (Å²) in [7, 11) is 0. The monoisotopic (exact) mass is 346 g/mol. The summed E-state index contributed by atoms with van der Waals surface area (Å²) in [5.41, 5.74) is 1.46. The van der Waals surface area contributed by atoms with E-state index in [9.17, 15) is 9.90 Å². The zero-order chi connectivity index (χ0) is 18.4. The first-order valence-corrected chi connectivity index (χ1v) is 8.53. The van der Waals surface area contributed by atoms with Crippen LogP contribution in [0.25, 0.3) is 11.5 Å². The molecule has 0 radical (unpaired) electrons. The quantitative estimate of drug-likeness (QED) is 0.713. The second-order valence-corrected chi connectivity index (χ2v) is 6.67. The maximum Gasteiger partial charge on any atom is 0.319 e. The van der Waals surface area contributed by atoms with Crippen LogP contribution in [0.4, 0.5) is 10.5 Å². The smallest absolute Gasteiger partial charge is 0.319 e. The van der Waals surface area contributed by atoms with Gasteiger partial charge in [0.25, 0.3) is 5.89 Å². The number of carbonyl (C=O) groups is 1. The van der Waals surface area contributed by atoms with Gasteiger partial charge in [-0.05, 0) is 36.6 Å².